The van der Waals surface area contributed by atoms with Gasteiger partial charge in [-0.05, 0) is 19.5 Å². The molecule has 92 valence electrons. The molecule has 0 amide bonds. The van der Waals surface area contributed by atoms with Crippen LogP contribution in [-0.2, 0) is 0 Å². The normalized spacial score (nSPS) is 13.2. The summed E-state index contributed by atoms with van der Waals surface area (Å²) in [6, 6.07) is 3.76. The van der Waals surface area contributed by atoms with Gasteiger partial charge >= 0.3 is 0 Å². The van der Waals surface area contributed by atoms with Crippen molar-refractivity contribution in [2.45, 2.75) is 25.8 Å². The van der Waals surface area contributed by atoms with Crippen molar-refractivity contribution in [1.29, 1.82) is 0 Å². The van der Waals surface area contributed by atoms with E-state index in [1.165, 1.54) is 6.07 Å². The number of nitrogens with one attached hydrogen (secondary N) is 1. The van der Waals surface area contributed by atoms with Crippen LogP contribution < -0.4 is 5.32 Å². The maximum absolute atomic E-state index is 13.5. The van der Waals surface area contributed by atoms with Crippen molar-refractivity contribution in [2.75, 3.05) is 7.05 Å². The maximum Gasteiger partial charge on any atom is 0.140 e. The predicted molar refractivity (Wildman–Crippen MR) is 62.8 cm³/mol. The van der Waals surface area contributed by atoms with Gasteiger partial charge in [0.25, 0.3) is 0 Å². The molecule has 1 N–H and O–H groups in total. The van der Waals surface area contributed by atoms with E-state index in [0.717, 1.165) is 18.9 Å². The van der Waals surface area contributed by atoms with Gasteiger partial charge in [0.15, 0.2) is 0 Å². The van der Waals surface area contributed by atoms with Gasteiger partial charge in [0, 0.05) is 12.1 Å². The fourth-order valence-electron chi connectivity index (χ4n) is 1.97. The average molecular weight is 239 g/mol. The molecule has 2 aromatic rings. The van der Waals surface area contributed by atoms with E-state index in [1.807, 2.05) is 7.05 Å². The number of furan rings is 1. The van der Waals surface area contributed by atoms with Crippen LogP contribution in [0, 0.1) is 11.6 Å². The Labute approximate surface area is 98.6 Å². The Morgan fingerprint density at radius 2 is 2.06 bits per heavy atom. The zero-order chi connectivity index (χ0) is 12.4. The highest BCUT2D eigenvalue weighted by Gasteiger charge is 2.16. The molecular formula is C13H15F2NO. The van der Waals surface area contributed by atoms with Gasteiger partial charge in [-0.2, -0.15) is 0 Å². The lowest BCUT2D eigenvalue weighted by Crippen LogP contribution is -2.15. The molecule has 0 aliphatic rings. The van der Waals surface area contributed by atoms with Crippen LogP contribution >= 0.6 is 0 Å². The van der Waals surface area contributed by atoms with E-state index in [0.29, 0.717) is 11.1 Å². The van der Waals surface area contributed by atoms with Gasteiger partial charge in [0.2, 0.25) is 0 Å². The van der Waals surface area contributed by atoms with Gasteiger partial charge in [0.1, 0.15) is 23.0 Å². The number of benzene rings is 1. The van der Waals surface area contributed by atoms with Gasteiger partial charge in [0.05, 0.1) is 11.4 Å². The van der Waals surface area contributed by atoms with Crippen LogP contribution in [0.4, 0.5) is 8.78 Å². The van der Waals surface area contributed by atoms with E-state index in [-0.39, 0.29) is 11.6 Å². The minimum atomic E-state index is -0.618. The van der Waals surface area contributed by atoms with Crippen LogP contribution in [0.3, 0.4) is 0 Å². The van der Waals surface area contributed by atoms with Crippen molar-refractivity contribution in [1.82, 2.24) is 5.32 Å². The van der Waals surface area contributed by atoms with Gasteiger partial charge in [-0.1, -0.05) is 13.3 Å². The summed E-state index contributed by atoms with van der Waals surface area (Å²) in [6.07, 6.45) is 1.87. The van der Waals surface area contributed by atoms with E-state index in [2.05, 4.69) is 12.2 Å². The molecule has 1 heterocycles. The van der Waals surface area contributed by atoms with E-state index in [4.69, 9.17) is 4.42 Å². The molecule has 0 saturated heterocycles. The molecule has 0 aliphatic carbocycles. The van der Waals surface area contributed by atoms with Crippen molar-refractivity contribution in [3.63, 3.8) is 0 Å². The lowest BCUT2D eigenvalue weighted by Gasteiger charge is -2.11. The highest BCUT2D eigenvalue weighted by atomic mass is 19.1. The monoisotopic (exact) mass is 239 g/mol. The maximum atomic E-state index is 13.5. The third-order valence-electron chi connectivity index (χ3n) is 2.84. The summed E-state index contributed by atoms with van der Waals surface area (Å²) in [5, 5.41) is 3.44. The Bertz CT molecular complexity index is 521. The minimum absolute atomic E-state index is 0.0369. The third kappa shape index (κ3) is 2.31. The molecule has 17 heavy (non-hydrogen) atoms. The average Bonchev–Trinajstić information content (AvgIpc) is 2.69. The lowest BCUT2D eigenvalue weighted by atomic mass is 10.1. The Hall–Kier alpha value is -1.42. The molecule has 0 radical (unpaired) electrons. The first kappa shape index (κ1) is 12.0. The largest absolute Gasteiger partial charge is 0.459 e. The fraction of sp³-hybridized carbons (Fsp3) is 0.385. The Morgan fingerprint density at radius 3 is 2.71 bits per heavy atom. The first-order valence-corrected chi connectivity index (χ1v) is 5.71. The van der Waals surface area contributed by atoms with Gasteiger partial charge in [-0.15, -0.1) is 0 Å². The topological polar surface area (TPSA) is 25.2 Å². The molecule has 0 fully saturated rings. The lowest BCUT2D eigenvalue weighted by molar-refractivity contribution is 0.429. The summed E-state index contributed by atoms with van der Waals surface area (Å²) < 4.78 is 32.0. The van der Waals surface area contributed by atoms with Crippen molar-refractivity contribution < 1.29 is 13.2 Å². The molecule has 1 aromatic heterocycles. The number of hydrogen-bond acceptors (Lipinski definition) is 2. The highest BCUT2D eigenvalue weighted by Crippen LogP contribution is 2.28. The van der Waals surface area contributed by atoms with Crippen LogP contribution in [0.1, 0.15) is 31.6 Å². The van der Waals surface area contributed by atoms with Crippen molar-refractivity contribution >= 4 is 11.0 Å². The molecule has 0 bridgehead atoms. The van der Waals surface area contributed by atoms with Crippen LogP contribution in [-0.4, -0.2) is 7.05 Å². The van der Waals surface area contributed by atoms with Crippen molar-refractivity contribution in [3.8, 4) is 0 Å². The second-order valence-electron chi connectivity index (χ2n) is 4.08. The van der Waals surface area contributed by atoms with E-state index >= 15 is 0 Å². The summed E-state index contributed by atoms with van der Waals surface area (Å²) in [4.78, 5) is 0. The van der Waals surface area contributed by atoms with Crippen molar-refractivity contribution in [2.24, 2.45) is 0 Å². The summed E-state index contributed by atoms with van der Waals surface area (Å²) in [5.41, 5.74) is 0.258. The molecule has 1 unspecified atom stereocenters. The standard InChI is InChI=1S/C13H15F2NO/c1-3-4-11(16-2)13-7-9-10(15)5-8(14)6-12(9)17-13/h5-7,11,16H,3-4H2,1-2H3. The Morgan fingerprint density at radius 1 is 1.29 bits per heavy atom. The minimum Gasteiger partial charge on any atom is -0.459 e. The van der Waals surface area contributed by atoms with E-state index < -0.39 is 11.6 Å². The molecule has 1 atom stereocenters. The first-order valence-electron chi connectivity index (χ1n) is 5.71. The third-order valence-corrected chi connectivity index (χ3v) is 2.84. The van der Waals surface area contributed by atoms with E-state index in [1.54, 1.807) is 6.07 Å². The molecule has 0 spiro atoms. The molecule has 0 aliphatic heterocycles. The second-order valence-corrected chi connectivity index (χ2v) is 4.08. The second kappa shape index (κ2) is 4.84. The molecule has 2 rings (SSSR count). The predicted octanol–water partition coefficient (Wildman–Crippen LogP) is 3.77. The highest BCUT2D eigenvalue weighted by molar-refractivity contribution is 5.78. The number of rotatable bonds is 4. The summed E-state index contributed by atoms with van der Waals surface area (Å²) in [7, 11) is 1.82. The van der Waals surface area contributed by atoms with Gasteiger partial charge in [-0.25, -0.2) is 8.78 Å². The summed E-state index contributed by atoms with van der Waals surface area (Å²) >= 11 is 0. The number of halogens is 2. The van der Waals surface area contributed by atoms with E-state index in [9.17, 15) is 8.78 Å². The SMILES string of the molecule is CCCC(NC)c1cc2c(F)cc(F)cc2o1. The first-order chi connectivity index (χ1) is 8.15. The van der Waals surface area contributed by atoms with Gasteiger partial charge < -0.3 is 9.73 Å². The summed E-state index contributed by atoms with van der Waals surface area (Å²) in [6.45, 7) is 2.06. The smallest absolute Gasteiger partial charge is 0.140 e. The fourth-order valence-corrected chi connectivity index (χ4v) is 1.97. The molecule has 1 aromatic carbocycles. The zero-order valence-corrected chi connectivity index (χ0v) is 9.89. The van der Waals surface area contributed by atoms with Crippen LogP contribution in [0.15, 0.2) is 22.6 Å². The molecular weight excluding hydrogens is 224 g/mol. The van der Waals surface area contributed by atoms with Gasteiger partial charge in [-0.3, -0.25) is 0 Å². The zero-order valence-electron chi connectivity index (χ0n) is 9.89. The van der Waals surface area contributed by atoms with Crippen LogP contribution in [0.25, 0.3) is 11.0 Å². The quantitative estimate of drug-likeness (QED) is 0.878. The Kier molecular flexibility index (Phi) is 3.43. The molecule has 4 heteroatoms. The molecule has 2 nitrogen and oxygen atoms in total. The number of hydrogen-bond donors (Lipinski definition) is 1. The Balaban J connectivity index is 2.46. The molecule has 0 saturated carbocycles. The number of fused-ring (bicyclic) bond motifs is 1. The van der Waals surface area contributed by atoms with Crippen LogP contribution in [0.2, 0.25) is 0 Å². The van der Waals surface area contributed by atoms with Crippen molar-refractivity contribution in [3.05, 3.63) is 35.6 Å². The van der Waals surface area contributed by atoms with Crippen LogP contribution in [0.5, 0.6) is 0 Å². The summed E-state index contributed by atoms with van der Waals surface area (Å²) in [5.74, 6) is -0.553.